The Morgan fingerprint density at radius 1 is 1.17 bits per heavy atom. The lowest BCUT2D eigenvalue weighted by Gasteiger charge is -2.10. The van der Waals surface area contributed by atoms with Gasteiger partial charge in [-0.2, -0.15) is 5.26 Å². The largest absolute Gasteiger partial charge is 0.490 e. The van der Waals surface area contributed by atoms with Gasteiger partial charge in [0.2, 0.25) is 5.78 Å². The highest BCUT2D eigenvalue weighted by atomic mass is 32.2. The van der Waals surface area contributed by atoms with Crippen LogP contribution >= 0.6 is 11.8 Å². The van der Waals surface area contributed by atoms with Crippen molar-refractivity contribution in [3.05, 3.63) is 58.5 Å². The second kappa shape index (κ2) is 7.24. The van der Waals surface area contributed by atoms with Crippen molar-refractivity contribution in [3.63, 3.8) is 0 Å². The molecule has 0 amide bonds. The highest BCUT2D eigenvalue weighted by Crippen LogP contribution is 2.41. The van der Waals surface area contributed by atoms with Gasteiger partial charge in [0.1, 0.15) is 6.07 Å². The van der Waals surface area contributed by atoms with Crippen LogP contribution in [0.1, 0.15) is 22.8 Å². The Balaban J connectivity index is 1.89. The molecule has 2 aromatic carbocycles. The maximum atomic E-state index is 12.4. The number of nitrogens with zero attached hydrogens (tertiary/aromatic N) is 1. The fraction of sp³-hybridized carbons (Fsp3) is 0.158. The molecule has 0 saturated heterocycles. The molecule has 24 heavy (non-hydrogen) atoms. The SMILES string of the molecule is CCOc1cc(/C=C2\Sc3ccccc3C2=O)ccc1OCC#N. The number of nitriles is 1. The molecule has 2 aromatic rings. The maximum absolute atomic E-state index is 12.4. The summed E-state index contributed by atoms with van der Waals surface area (Å²) in [5, 5.41) is 8.64. The van der Waals surface area contributed by atoms with Gasteiger partial charge >= 0.3 is 0 Å². The zero-order chi connectivity index (χ0) is 16.9. The third kappa shape index (κ3) is 3.29. The summed E-state index contributed by atoms with van der Waals surface area (Å²) in [6.07, 6.45) is 1.85. The second-order valence-corrected chi connectivity index (χ2v) is 6.11. The van der Waals surface area contributed by atoms with Crippen LogP contribution in [-0.4, -0.2) is 19.0 Å². The minimum Gasteiger partial charge on any atom is -0.490 e. The summed E-state index contributed by atoms with van der Waals surface area (Å²) in [5.41, 5.74) is 1.60. The lowest BCUT2D eigenvalue weighted by atomic mass is 10.1. The van der Waals surface area contributed by atoms with E-state index in [1.165, 1.54) is 11.8 Å². The van der Waals surface area contributed by atoms with Gasteiger partial charge in [-0.15, -0.1) is 0 Å². The van der Waals surface area contributed by atoms with Gasteiger partial charge in [-0.1, -0.05) is 30.0 Å². The first-order valence-electron chi connectivity index (χ1n) is 7.52. The minimum atomic E-state index is -0.0375. The summed E-state index contributed by atoms with van der Waals surface area (Å²) in [6.45, 7) is 2.33. The van der Waals surface area contributed by atoms with E-state index in [9.17, 15) is 4.79 Å². The number of Topliss-reactive ketones (excluding diaryl/α,β-unsaturated/α-hetero) is 1. The van der Waals surface area contributed by atoms with E-state index in [-0.39, 0.29) is 12.4 Å². The Bertz CT molecular complexity index is 852. The molecule has 1 aliphatic rings. The fourth-order valence-electron chi connectivity index (χ4n) is 2.40. The normalized spacial score (nSPS) is 14.3. The quantitative estimate of drug-likeness (QED) is 0.761. The number of allylic oxidation sites excluding steroid dienone is 1. The first kappa shape index (κ1) is 16.2. The van der Waals surface area contributed by atoms with Crippen LogP contribution in [0, 0.1) is 11.3 Å². The van der Waals surface area contributed by atoms with Gasteiger partial charge in [0.15, 0.2) is 18.1 Å². The average molecular weight is 337 g/mol. The number of benzene rings is 2. The average Bonchev–Trinajstić information content (AvgIpc) is 2.91. The summed E-state index contributed by atoms with van der Waals surface area (Å²) < 4.78 is 10.9. The van der Waals surface area contributed by atoms with Crippen LogP contribution in [0.3, 0.4) is 0 Å². The van der Waals surface area contributed by atoms with Crippen LogP contribution in [-0.2, 0) is 0 Å². The van der Waals surface area contributed by atoms with Crippen molar-refractivity contribution in [2.45, 2.75) is 11.8 Å². The van der Waals surface area contributed by atoms with Gasteiger partial charge in [-0.25, -0.2) is 0 Å². The Hall–Kier alpha value is -2.71. The molecule has 0 unspecified atom stereocenters. The minimum absolute atomic E-state index is 0.0375. The van der Waals surface area contributed by atoms with Crippen molar-refractivity contribution >= 4 is 23.6 Å². The fourth-order valence-corrected chi connectivity index (χ4v) is 3.45. The molecular formula is C19H15NO3S. The molecule has 4 nitrogen and oxygen atoms in total. The molecule has 1 heterocycles. The number of hydrogen-bond acceptors (Lipinski definition) is 5. The number of fused-ring (bicyclic) bond motifs is 1. The van der Waals surface area contributed by atoms with Crippen LogP contribution in [0.5, 0.6) is 11.5 Å². The van der Waals surface area contributed by atoms with E-state index in [4.69, 9.17) is 14.7 Å². The van der Waals surface area contributed by atoms with Crippen molar-refractivity contribution in [1.29, 1.82) is 5.26 Å². The van der Waals surface area contributed by atoms with Gasteiger partial charge < -0.3 is 9.47 Å². The lowest BCUT2D eigenvalue weighted by molar-refractivity contribution is 0.104. The van der Waals surface area contributed by atoms with Crippen molar-refractivity contribution in [3.8, 4) is 17.6 Å². The first-order chi connectivity index (χ1) is 11.7. The molecule has 0 aromatic heterocycles. The number of ether oxygens (including phenoxy) is 2. The van der Waals surface area contributed by atoms with Crippen LogP contribution < -0.4 is 9.47 Å². The van der Waals surface area contributed by atoms with Crippen molar-refractivity contribution in [2.24, 2.45) is 0 Å². The Labute approximate surface area is 144 Å². The Morgan fingerprint density at radius 2 is 2.00 bits per heavy atom. The highest BCUT2D eigenvalue weighted by molar-refractivity contribution is 8.04. The van der Waals surface area contributed by atoms with Gasteiger partial charge in [-0.05, 0) is 42.8 Å². The predicted octanol–water partition coefficient (Wildman–Crippen LogP) is 4.32. The van der Waals surface area contributed by atoms with Gasteiger partial charge in [0.25, 0.3) is 0 Å². The van der Waals surface area contributed by atoms with Crippen molar-refractivity contribution < 1.29 is 14.3 Å². The molecule has 0 saturated carbocycles. The summed E-state index contributed by atoms with van der Waals surface area (Å²) in [5.74, 6) is 1.13. The third-order valence-electron chi connectivity index (χ3n) is 3.43. The molecule has 0 bridgehead atoms. The van der Waals surface area contributed by atoms with Gasteiger partial charge in [-0.3, -0.25) is 4.79 Å². The van der Waals surface area contributed by atoms with E-state index < -0.39 is 0 Å². The lowest BCUT2D eigenvalue weighted by Crippen LogP contribution is -1.99. The standard InChI is InChI=1S/C19H15NO3S/c1-2-22-16-11-13(7-8-15(16)23-10-9-20)12-18-19(21)14-5-3-4-6-17(14)24-18/h3-8,11-12H,2,10H2,1H3/b18-12-. The summed E-state index contributed by atoms with van der Waals surface area (Å²) >= 11 is 1.47. The molecule has 3 rings (SSSR count). The van der Waals surface area contributed by atoms with Crippen LogP contribution in [0.25, 0.3) is 6.08 Å². The molecule has 1 aliphatic heterocycles. The number of carbonyl (C=O) groups excluding carboxylic acids is 1. The topological polar surface area (TPSA) is 59.3 Å². The second-order valence-electron chi connectivity index (χ2n) is 5.02. The monoisotopic (exact) mass is 337 g/mol. The zero-order valence-electron chi connectivity index (χ0n) is 13.1. The zero-order valence-corrected chi connectivity index (χ0v) is 13.9. The Morgan fingerprint density at radius 3 is 2.75 bits per heavy atom. The van der Waals surface area contributed by atoms with E-state index in [1.807, 2.05) is 55.5 Å². The number of ketones is 1. The molecule has 5 heteroatoms. The van der Waals surface area contributed by atoms with Crippen LogP contribution in [0.4, 0.5) is 0 Å². The molecule has 120 valence electrons. The molecule has 0 radical (unpaired) electrons. The van der Waals surface area contributed by atoms with E-state index in [0.29, 0.717) is 23.0 Å². The summed E-state index contributed by atoms with van der Waals surface area (Å²) in [4.78, 5) is 14.1. The predicted molar refractivity (Wildman–Crippen MR) is 93.3 cm³/mol. The summed E-state index contributed by atoms with van der Waals surface area (Å²) in [6, 6.07) is 14.9. The number of rotatable bonds is 5. The first-order valence-corrected chi connectivity index (χ1v) is 8.34. The van der Waals surface area contributed by atoms with E-state index in [2.05, 4.69) is 0 Å². The smallest absolute Gasteiger partial charge is 0.200 e. The van der Waals surface area contributed by atoms with E-state index in [0.717, 1.165) is 16.0 Å². The molecule has 0 N–H and O–H groups in total. The highest BCUT2D eigenvalue weighted by Gasteiger charge is 2.25. The Kier molecular flexibility index (Phi) is 4.88. The molecule has 0 spiro atoms. The molecule has 0 fully saturated rings. The molecule has 0 atom stereocenters. The van der Waals surface area contributed by atoms with E-state index in [1.54, 1.807) is 6.07 Å². The number of hydrogen-bond donors (Lipinski definition) is 0. The van der Waals surface area contributed by atoms with Crippen molar-refractivity contribution in [1.82, 2.24) is 0 Å². The maximum Gasteiger partial charge on any atom is 0.200 e. The number of thioether (sulfide) groups is 1. The number of carbonyl (C=O) groups is 1. The van der Waals surface area contributed by atoms with Gasteiger partial charge in [0, 0.05) is 10.5 Å². The van der Waals surface area contributed by atoms with Gasteiger partial charge in [0.05, 0.1) is 11.5 Å². The third-order valence-corrected chi connectivity index (χ3v) is 4.53. The van der Waals surface area contributed by atoms with Crippen molar-refractivity contribution in [2.75, 3.05) is 13.2 Å². The molecule has 0 aliphatic carbocycles. The van der Waals surface area contributed by atoms with Crippen LogP contribution in [0.2, 0.25) is 0 Å². The summed E-state index contributed by atoms with van der Waals surface area (Å²) in [7, 11) is 0. The van der Waals surface area contributed by atoms with Crippen LogP contribution in [0.15, 0.2) is 52.3 Å². The molecular weight excluding hydrogens is 322 g/mol. The van der Waals surface area contributed by atoms with E-state index >= 15 is 0 Å².